The Morgan fingerprint density at radius 2 is 1.76 bits per heavy atom. The summed E-state index contributed by atoms with van der Waals surface area (Å²) in [5.41, 5.74) is 0. The second-order valence-corrected chi connectivity index (χ2v) is 7.85. The zero-order valence-corrected chi connectivity index (χ0v) is 12.1. The van der Waals surface area contributed by atoms with Crippen molar-refractivity contribution in [3.05, 3.63) is 0 Å². The summed E-state index contributed by atoms with van der Waals surface area (Å²) in [7, 11) is -0.522. The fraction of sp³-hybridized carbons (Fsp3) is 1.00. The van der Waals surface area contributed by atoms with Gasteiger partial charge in [0, 0.05) is 34.4 Å². The van der Waals surface area contributed by atoms with Crippen LogP contribution in [-0.2, 0) is 10.8 Å². The molecule has 1 aliphatic carbocycles. The Morgan fingerprint density at radius 3 is 2.41 bits per heavy atom. The highest BCUT2D eigenvalue weighted by atomic mass is 32.2. The van der Waals surface area contributed by atoms with Crippen LogP contribution in [0.25, 0.3) is 0 Å². The Kier molecular flexibility index (Phi) is 5.04. The second-order valence-electron chi connectivity index (χ2n) is 6.16. The van der Waals surface area contributed by atoms with E-state index in [1.54, 1.807) is 0 Å². The highest BCUT2D eigenvalue weighted by Crippen LogP contribution is 2.30. The fourth-order valence-corrected chi connectivity index (χ4v) is 4.58. The van der Waals surface area contributed by atoms with Crippen LogP contribution in [0.3, 0.4) is 0 Å². The Hall–Kier alpha value is 0.110. The fourth-order valence-electron chi connectivity index (χ4n) is 3.28. The quantitative estimate of drug-likeness (QED) is 0.842. The van der Waals surface area contributed by atoms with Crippen LogP contribution >= 0.6 is 0 Å². The molecule has 1 heterocycles. The van der Waals surface area contributed by atoms with E-state index in [2.05, 4.69) is 19.2 Å². The molecule has 2 atom stereocenters. The lowest BCUT2D eigenvalue weighted by atomic mass is 9.79. The third kappa shape index (κ3) is 4.06. The summed E-state index contributed by atoms with van der Waals surface area (Å²) >= 11 is 0. The standard InChI is InChI=1S/C14H27NOS/c1-11(2)12-4-3-5-14(10-12)15-13-6-8-17(16)9-7-13/h11-15H,3-10H2,1-2H3. The molecule has 3 heteroatoms. The van der Waals surface area contributed by atoms with Crippen LogP contribution in [-0.4, -0.2) is 27.8 Å². The minimum absolute atomic E-state index is 0.522. The van der Waals surface area contributed by atoms with Crippen LogP contribution in [0, 0.1) is 11.8 Å². The van der Waals surface area contributed by atoms with Gasteiger partial charge in [-0.3, -0.25) is 4.21 Å². The normalized spacial score (nSPS) is 39.5. The summed E-state index contributed by atoms with van der Waals surface area (Å²) < 4.78 is 11.3. The first kappa shape index (κ1) is 13.5. The molecular weight excluding hydrogens is 230 g/mol. The number of rotatable bonds is 3. The van der Waals surface area contributed by atoms with E-state index >= 15 is 0 Å². The third-order valence-corrected chi connectivity index (χ3v) is 5.90. The van der Waals surface area contributed by atoms with Crippen molar-refractivity contribution in [3.8, 4) is 0 Å². The van der Waals surface area contributed by atoms with Crippen LogP contribution in [0.2, 0.25) is 0 Å². The summed E-state index contributed by atoms with van der Waals surface area (Å²) in [6.45, 7) is 4.72. The predicted octanol–water partition coefficient (Wildman–Crippen LogP) is 2.70. The monoisotopic (exact) mass is 257 g/mol. The first-order chi connectivity index (χ1) is 8.15. The Morgan fingerprint density at radius 1 is 1.06 bits per heavy atom. The number of nitrogens with one attached hydrogen (secondary N) is 1. The lowest BCUT2D eigenvalue weighted by Gasteiger charge is -2.35. The summed E-state index contributed by atoms with van der Waals surface area (Å²) in [6.07, 6.45) is 7.76. The Labute approximate surface area is 108 Å². The maximum atomic E-state index is 11.3. The molecule has 100 valence electrons. The maximum absolute atomic E-state index is 11.3. The van der Waals surface area contributed by atoms with Gasteiger partial charge in [-0.15, -0.1) is 0 Å². The van der Waals surface area contributed by atoms with Crippen molar-refractivity contribution < 1.29 is 4.21 Å². The molecule has 17 heavy (non-hydrogen) atoms. The molecule has 0 radical (unpaired) electrons. The molecule has 1 aliphatic heterocycles. The largest absolute Gasteiger partial charge is 0.311 e. The van der Waals surface area contributed by atoms with Gasteiger partial charge in [-0.25, -0.2) is 0 Å². The first-order valence-electron chi connectivity index (χ1n) is 7.26. The van der Waals surface area contributed by atoms with E-state index in [1.165, 1.54) is 25.7 Å². The van der Waals surface area contributed by atoms with Gasteiger partial charge in [0.15, 0.2) is 0 Å². The van der Waals surface area contributed by atoms with E-state index in [9.17, 15) is 4.21 Å². The average molecular weight is 257 g/mol. The van der Waals surface area contributed by atoms with Crippen LogP contribution in [0.1, 0.15) is 52.4 Å². The lowest BCUT2D eigenvalue weighted by Crippen LogP contribution is -2.44. The maximum Gasteiger partial charge on any atom is 0.0249 e. The van der Waals surface area contributed by atoms with E-state index in [0.717, 1.165) is 42.2 Å². The Balaban J connectivity index is 1.76. The molecule has 0 amide bonds. The molecule has 2 rings (SSSR count). The molecule has 2 nitrogen and oxygen atoms in total. The molecule has 0 bridgehead atoms. The van der Waals surface area contributed by atoms with Gasteiger partial charge in [0.25, 0.3) is 0 Å². The Bertz CT molecular complexity index is 257. The third-order valence-electron chi connectivity index (χ3n) is 4.52. The van der Waals surface area contributed by atoms with Crippen molar-refractivity contribution in [2.75, 3.05) is 11.5 Å². The molecular formula is C14H27NOS. The van der Waals surface area contributed by atoms with E-state index in [1.807, 2.05) is 0 Å². The van der Waals surface area contributed by atoms with Gasteiger partial charge in [-0.2, -0.15) is 0 Å². The van der Waals surface area contributed by atoms with Crippen LogP contribution < -0.4 is 5.32 Å². The van der Waals surface area contributed by atoms with Gasteiger partial charge >= 0.3 is 0 Å². The molecule has 0 spiro atoms. The van der Waals surface area contributed by atoms with Crippen molar-refractivity contribution in [2.24, 2.45) is 11.8 Å². The summed E-state index contributed by atoms with van der Waals surface area (Å²) in [6, 6.07) is 1.37. The highest BCUT2D eigenvalue weighted by molar-refractivity contribution is 7.85. The molecule has 1 N–H and O–H groups in total. The van der Waals surface area contributed by atoms with Gasteiger partial charge in [-0.1, -0.05) is 26.7 Å². The summed E-state index contributed by atoms with van der Waals surface area (Å²) in [5, 5.41) is 3.83. The van der Waals surface area contributed by atoms with Crippen molar-refractivity contribution in [1.82, 2.24) is 5.32 Å². The molecule has 0 aromatic rings. The van der Waals surface area contributed by atoms with Gasteiger partial charge in [0.2, 0.25) is 0 Å². The van der Waals surface area contributed by atoms with Crippen molar-refractivity contribution >= 4 is 10.8 Å². The van der Waals surface area contributed by atoms with Crippen molar-refractivity contribution in [2.45, 2.75) is 64.5 Å². The molecule has 1 saturated carbocycles. The van der Waals surface area contributed by atoms with Gasteiger partial charge < -0.3 is 5.32 Å². The van der Waals surface area contributed by atoms with Gasteiger partial charge in [-0.05, 0) is 37.5 Å². The van der Waals surface area contributed by atoms with E-state index < -0.39 is 10.8 Å². The molecule has 2 unspecified atom stereocenters. The smallest absolute Gasteiger partial charge is 0.0249 e. The second kappa shape index (κ2) is 6.33. The molecule has 0 aromatic carbocycles. The lowest BCUT2D eigenvalue weighted by molar-refractivity contribution is 0.217. The number of hydrogen-bond donors (Lipinski definition) is 1. The molecule has 0 aromatic heterocycles. The average Bonchev–Trinajstić information content (AvgIpc) is 2.32. The van der Waals surface area contributed by atoms with Crippen molar-refractivity contribution in [3.63, 3.8) is 0 Å². The molecule has 2 fully saturated rings. The van der Waals surface area contributed by atoms with E-state index in [4.69, 9.17) is 0 Å². The minimum Gasteiger partial charge on any atom is -0.311 e. The van der Waals surface area contributed by atoms with Gasteiger partial charge in [0.1, 0.15) is 0 Å². The van der Waals surface area contributed by atoms with E-state index in [0.29, 0.717) is 6.04 Å². The SMILES string of the molecule is CC(C)C1CCCC(NC2CCS(=O)CC2)C1. The summed E-state index contributed by atoms with van der Waals surface area (Å²) in [5.74, 6) is 3.58. The molecule has 2 aliphatic rings. The first-order valence-corrected chi connectivity index (χ1v) is 8.75. The zero-order valence-electron chi connectivity index (χ0n) is 11.3. The zero-order chi connectivity index (χ0) is 12.3. The van der Waals surface area contributed by atoms with Crippen LogP contribution in [0.4, 0.5) is 0 Å². The predicted molar refractivity (Wildman–Crippen MR) is 74.6 cm³/mol. The number of hydrogen-bond acceptors (Lipinski definition) is 2. The molecule has 1 saturated heterocycles. The summed E-state index contributed by atoms with van der Waals surface area (Å²) in [4.78, 5) is 0. The van der Waals surface area contributed by atoms with Crippen molar-refractivity contribution in [1.29, 1.82) is 0 Å². The van der Waals surface area contributed by atoms with Crippen LogP contribution in [0.5, 0.6) is 0 Å². The highest BCUT2D eigenvalue weighted by Gasteiger charge is 2.27. The van der Waals surface area contributed by atoms with Crippen LogP contribution in [0.15, 0.2) is 0 Å². The topological polar surface area (TPSA) is 29.1 Å². The van der Waals surface area contributed by atoms with E-state index in [-0.39, 0.29) is 0 Å². The minimum atomic E-state index is -0.522. The van der Waals surface area contributed by atoms with Gasteiger partial charge in [0.05, 0.1) is 0 Å².